The van der Waals surface area contributed by atoms with E-state index in [1.165, 1.54) is 0 Å². The number of nitrogens with zero attached hydrogens (tertiary/aromatic N) is 2. The number of halogens is 2. The number of hydrogen-bond donors (Lipinski definition) is 0. The maximum Gasteiger partial charge on any atom is 0.0709 e. The molecule has 0 fully saturated rings. The first kappa shape index (κ1) is 13.5. The van der Waals surface area contributed by atoms with E-state index in [1.54, 1.807) is 12.4 Å². The summed E-state index contributed by atoms with van der Waals surface area (Å²) in [6, 6.07) is 15.9. The number of rotatable bonds is 2. The summed E-state index contributed by atoms with van der Waals surface area (Å²) in [5.74, 6) is 0. The van der Waals surface area contributed by atoms with Crippen LogP contribution in [-0.4, -0.2) is 9.97 Å². The van der Waals surface area contributed by atoms with Gasteiger partial charge in [-0.05, 0) is 68.3 Å². The van der Waals surface area contributed by atoms with Crippen LogP contribution in [0.2, 0.25) is 0 Å². The lowest BCUT2D eigenvalue weighted by Crippen LogP contribution is -1.90. The standard InChI is InChI=1S/C16H10Br2N2/c17-13-9-11(15-5-1-3-7-19-15)12(10-14(13)18)16-6-2-4-8-20-16/h1-10H. The van der Waals surface area contributed by atoms with Gasteiger partial charge in [0, 0.05) is 32.5 Å². The zero-order chi connectivity index (χ0) is 13.9. The largest absolute Gasteiger partial charge is 0.256 e. The van der Waals surface area contributed by atoms with Crippen molar-refractivity contribution in [3.05, 3.63) is 69.9 Å². The molecule has 0 saturated heterocycles. The fourth-order valence-corrected chi connectivity index (χ4v) is 2.70. The molecular formula is C16H10Br2N2. The summed E-state index contributed by atoms with van der Waals surface area (Å²) in [6.45, 7) is 0. The van der Waals surface area contributed by atoms with Crippen molar-refractivity contribution in [3.63, 3.8) is 0 Å². The van der Waals surface area contributed by atoms with E-state index in [2.05, 4.69) is 54.0 Å². The molecule has 0 radical (unpaired) electrons. The van der Waals surface area contributed by atoms with Gasteiger partial charge in [0.2, 0.25) is 0 Å². The first-order chi connectivity index (χ1) is 9.75. The number of benzene rings is 1. The molecule has 0 aliphatic carbocycles. The van der Waals surface area contributed by atoms with Crippen LogP contribution in [0.1, 0.15) is 0 Å². The number of hydrogen-bond acceptors (Lipinski definition) is 2. The van der Waals surface area contributed by atoms with Crippen LogP contribution in [0.4, 0.5) is 0 Å². The second kappa shape index (κ2) is 5.85. The van der Waals surface area contributed by atoms with Crippen LogP contribution in [0.5, 0.6) is 0 Å². The smallest absolute Gasteiger partial charge is 0.0709 e. The average molecular weight is 390 g/mol. The molecule has 20 heavy (non-hydrogen) atoms. The average Bonchev–Trinajstić information content (AvgIpc) is 2.51. The molecular weight excluding hydrogens is 380 g/mol. The Morgan fingerprint density at radius 2 is 1.10 bits per heavy atom. The van der Waals surface area contributed by atoms with Gasteiger partial charge in [-0.1, -0.05) is 12.1 Å². The highest BCUT2D eigenvalue weighted by molar-refractivity contribution is 9.13. The molecule has 4 heteroatoms. The lowest BCUT2D eigenvalue weighted by Gasteiger charge is -2.11. The zero-order valence-electron chi connectivity index (χ0n) is 10.4. The van der Waals surface area contributed by atoms with Crippen molar-refractivity contribution in [2.24, 2.45) is 0 Å². The minimum absolute atomic E-state index is 0.932. The summed E-state index contributed by atoms with van der Waals surface area (Å²) in [7, 11) is 0. The van der Waals surface area contributed by atoms with E-state index in [0.29, 0.717) is 0 Å². The summed E-state index contributed by atoms with van der Waals surface area (Å²) in [5, 5.41) is 0. The second-order valence-corrected chi connectivity index (χ2v) is 5.95. The molecule has 0 atom stereocenters. The molecule has 3 aromatic rings. The molecule has 98 valence electrons. The van der Waals surface area contributed by atoms with Gasteiger partial charge < -0.3 is 0 Å². The van der Waals surface area contributed by atoms with E-state index >= 15 is 0 Å². The lowest BCUT2D eigenvalue weighted by atomic mass is 10.0. The lowest BCUT2D eigenvalue weighted by molar-refractivity contribution is 1.29. The van der Waals surface area contributed by atoms with Gasteiger partial charge in [0.25, 0.3) is 0 Å². The van der Waals surface area contributed by atoms with Crippen molar-refractivity contribution in [2.45, 2.75) is 0 Å². The predicted octanol–water partition coefficient (Wildman–Crippen LogP) is 5.34. The minimum atomic E-state index is 0.932. The van der Waals surface area contributed by atoms with E-state index in [1.807, 2.05) is 36.4 Å². The van der Waals surface area contributed by atoms with E-state index in [0.717, 1.165) is 31.5 Å². The predicted molar refractivity (Wildman–Crippen MR) is 88.3 cm³/mol. The Bertz CT molecular complexity index is 664. The van der Waals surface area contributed by atoms with Crippen LogP contribution in [-0.2, 0) is 0 Å². The first-order valence-corrected chi connectivity index (χ1v) is 7.66. The maximum absolute atomic E-state index is 4.44. The quantitative estimate of drug-likeness (QED) is 0.591. The third-order valence-corrected chi connectivity index (χ3v) is 4.79. The van der Waals surface area contributed by atoms with Crippen molar-refractivity contribution in [2.75, 3.05) is 0 Å². The third kappa shape index (κ3) is 2.67. The number of pyridine rings is 2. The zero-order valence-corrected chi connectivity index (χ0v) is 13.6. The van der Waals surface area contributed by atoms with Crippen LogP contribution in [0, 0.1) is 0 Å². The Hall–Kier alpha value is -1.52. The van der Waals surface area contributed by atoms with Gasteiger partial charge in [-0.2, -0.15) is 0 Å². The molecule has 0 N–H and O–H groups in total. The summed E-state index contributed by atoms with van der Waals surface area (Å²) in [6.07, 6.45) is 3.60. The molecule has 0 spiro atoms. The van der Waals surface area contributed by atoms with Crippen molar-refractivity contribution in [1.82, 2.24) is 9.97 Å². The molecule has 0 bridgehead atoms. The van der Waals surface area contributed by atoms with Crippen LogP contribution in [0.25, 0.3) is 22.5 Å². The summed E-state index contributed by atoms with van der Waals surface area (Å²) in [4.78, 5) is 8.88. The Morgan fingerprint density at radius 1 is 0.650 bits per heavy atom. The Balaban J connectivity index is 2.26. The van der Waals surface area contributed by atoms with E-state index in [9.17, 15) is 0 Å². The van der Waals surface area contributed by atoms with Gasteiger partial charge in [-0.15, -0.1) is 0 Å². The monoisotopic (exact) mass is 388 g/mol. The van der Waals surface area contributed by atoms with Crippen molar-refractivity contribution in [3.8, 4) is 22.5 Å². The molecule has 1 aromatic carbocycles. The first-order valence-electron chi connectivity index (χ1n) is 6.07. The van der Waals surface area contributed by atoms with Gasteiger partial charge in [-0.25, -0.2) is 0 Å². The van der Waals surface area contributed by atoms with Crippen LogP contribution in [0.3, 0.4) is 0 Å². The Labute approximate surface area is 134 Å². The minimum Gasteiger partial charge on any atom is -0.256 e. The highest BCUT2D eigenvalue weighted by Gasteiger charge is 2.12. The van der Waals surface area contributed by atoms with E-state index < -0.39 is 0 Å². The van der Waals surface area contributed by atoms with Crippen LogP contribution >= 0.6 is 31.9 Å². The van der Waals surface area contributed by atoms with Gasteiger partial charge in [0.15, 0.2) is 0 Å². The molecule has 2 nitrogen and oxygen atoms in total. The fourth-order valence-electron chi connectivity index (χ4n) is 2.01. The van der Waals surface area contributed by atoms with Gasteiger partial charge in [0.05, 0.1) is 11.4 Å². The van der Waals surface area contributed by atoms with Crippen LogP contribution in [0.15, 0.2) is 69.9 Å². The molecule has 0 aliphatic heterocycles. The molecule has 2 aromatic heterocycles. The second-order valence-electron chi connectivity index (χ2n) is 4.24. The van der Waals surface area contributed by atoms with Crippen molar-refractivity contribution >= 4 is 31.9 Å². The van der Waals surface area contributed by atoms with E-state index in [4.69, 9.17) is 0 Å². The molecule has 3 rings (SSSR count). The summed E-state index contributed by atoms with van der Waals surface area (Å²) < 4.78 is 2.00. The van der Waals surface area contributed by atoms with Crippen molar-refractivity contribution in [1.29, 1.82) is 0 Å². The van der Waals surface area contributed by atoms with Crippen LogP contribution < -0.4 is 0 Å². The fraction of sp³-hybridized carbons (Fsp3) is 0. The molecule has 0 amide bonds. The van der Waals surface area contributed by atoms with Crippen molar-refractivity contribution < 1.29 is 0 Å². The highest BCUT2D eigenvalue weighted by Crippen LogP contribution is 2.36. The SMILES string of the molecule is Brc1cc(-c2ccccn2)c(-c2ccccn2)cc1Br. The van der Waals surface area contributed by atoms with Gasteiger partial charge in [-0.3, -0.25) is 9.97 Å². The molecule has 0 unspecified atom stereocenters. The Morgan fingerprint density at radius 3 is 1.45 bits per heavy atom. The maximum atomic E-state index is 4.44. The molecule has 0 saturated carbocycles. The van der Waals surface area contributed by atoms with Gasteiger partial charge in [0.1, 0.15) is 0 Å². The third-order valence-electron chi connectivity index (χ3n) is 2.94. The number of aromatic nitrogens is 2. The molecule has 0 aliphatic rings. The van der Waals surface area contributed by atoms with E-state index in [-0.39, 0.29) is 0 Å². The summed E-state index contributed by atoms with van der Waals surface area (Å²) >= 11 is 7.11. The highest BCUT2D eigenvalue weighted by atomic mass is 79.9. The molecule has 2 heterocycles. The Kier molecular flexibility index (Phi) is 3.94. The summed E-state index contributed by atoms with van der Waals surface area (Å²) in [5.41, 5.74) is 3.97. The topological polar surface area (TPSA) is 25.8 Å². The normalized spacial score (nSPS) is 10.5. The van der Waals surface area contributed by atoms with Gasteiger partial charge >= 0.3 is 0 Å².